The van der Waals surface area contributed by atoms with E-state index in [1.807, 2.05) is 0 Å². The van der Waals surface area contributed by atoms with Gasteiger partial charge in [0.1, 0.15) is 11.6 Å². The first-order valence-electron chi connectivity index (χ1n) is 6.26. The molecule has 1 heterocycles. The third-order valence-corrected chi connectivity index (χ3v) is 2.69. The maximum atomic E-state index is 13.7. The van der Waals surface area contributed by atoms with Crippen LogP contribution >= 0.6 is 0 Å². The number of anilines is 1. The number of ether oxygens (including phenoxy) is 2. The molecule has 0 saturated carbocycles. The lowest BCUT2D eigenvalue weighted by Crippen LogP contribution is -2.05. The average Bonchev–Trinajstić information content (AvgIpc) is 2.91. The Morgan fingerprint density at radius 3 is 2.76 bits per heavy atom. The van der Waals surface area contributed by atoms with Crippen LogP contribution in [-0.2, 0) is 15.9 Å². The van der Waals surface area contributed by atoms with Gasteiger partial charge in [0.25, 0.3) is 5.89 Å². The molecule has 0 atom stereocenters. The molecule has 6 nitrogen and oxygen atoms in total. The number of halogens is 2. The van der Waals surface area contributed by atoms with Gasteiger partial charge in [-0.25, -0.2) is 8.78 Å². The summed E-state index contributed by atoms with van der Waals surface area (Å²) in [5.41, 5.74) is 5.18. The molecule has 0 spiro atoms. The molecule has 2 rings (SSSR count). The highest BCUT2D eigenvalue weighted by molar-refractivity contribution is 5.61. The zero-order valence-electron chi connectivity index (χ0n) is 11.4. The number of nitrogen functional groups attached to an aromatic ring is 1. The summed E-state index contributed by atoms with van der Waals surface area (Å²) in [6.07, 6.45) is 0.408. The van der Waals surface area contributed by atoms with E-state index in [1.54, 1.807) is 7.11 Å². The van der Waals surface area contributed by atoms with E-state index in [0.29, 0.717) is 38.1 Å². The predicted octanol–water partition coefficient (Wildman–Crippen LogP) is 1.80. The van der Waals surface area contributed by atoms with Crippen LogP contribution in [0.15, 0.2) is 16.7 Å². The number of aromatic nitrogens is 2. The van der Waals surface area contributed by atoms with Gasteiger partial charge in [0.05, 0.1) is 31.1 Å². The van der Waals surface area contributed by atoms with Crippen molar-refractivity contribution in [3.05, 3.63) is 29.6 Å². The van der Waals surface area contributed by atoms with Gasteiger partial charge in [0, 0.05) is 19.6 Å². The summed E-state index contributed by atoms with van der Waals surface area (Å²) < 4.78 is 41.8. The fourth-order valence-electron chi connectivity index (χ4n) is 1.60. The van der Waals surface area contributed by atoms with Gasteiger partial charge in [-0.2, -0.15) is 4.98 Å². The molecule has 0 unspecified atom stereocenters. The van der Waals surface area contributed by atoms with Gasteiger partial charge < -0.3 is 19.7 Å². The Morgan fingerprint density at radius 2 is 2.00 bits per heavy atom. The molecule has 1 aromatic heterocycles. The molecule has 0 aliphatic heterocycles. The third kappa shape index (κ3) is 3.96. The summed E-state index contributed by atoms with van der Waals surface area (Å²) in [4.78, 5) is 4.02. The van der Waals surface area contributed by atoms with Crippen LogP contribution in [0.1, 0.15) is 5.82 Å². The first-order valence-corrected chi connectivity index (χ1v) is 6.26. The fourth-order valence-corrected chi connectivity index (χ4v) is 1.60. The SMILES string of the molecule is COCCOCCc1noc(-c2cc(N)c(F)cc2F)n1. The summed E-state index contributed by atoms with van der Waals surface area (Å²) in [6.45, 7) is 1.35. The highest BCUT2D eigenvalue weighted by Gasteiger charge is 2.16. The van der Waals surface area contributed by atoms with E-state index in [0.717, 1.165) is 6.07 Å². The van der Waals surface area contributed by atoms with E-state index in [2.05, 4.69) is 10.1 Å². The van der Waals surface area contributed by atoms with Crippen molar-refractivity contribution in [3.63, 3.8) is 0 Å². The van der Waals surface area contributed by atoms with Crippen molar-refractivity contribution in [2.75, 3.05) is 32.7 Å². The lowest BCUT2D eigenvalue weighted by Gasteiger charge is -2.01. The molecule has 0 amide bonds. The maximum Gasteiger partial charge on any atom is 0.260 e. The van der Waals surface area contributed by atoms with Crippen LogP contribution in [0.3, 0.4) is 0 Å². The normalized spacial score (nSPS) is 11.0. The third-order valence-electron chi connectivity index (χ3n) is 2.69. The van der Waals surface area contributed by atoms with Crippen LogP contribution in [0.2, 0.25) is 0 Å². The second-order valence-electron chi connectivity index (χ2n) is 4.22. The van der Waals surface area contributed by atoms with Gasteiger partial charge in [0.15, 0.2) is 5.82 Å². The molecular weight excluding hydrogens is 284 g/mol. The van der Waals surface area contributed by atoms with Crippen LogP contribution < -0.4 is 5.73 Å². The largest absolute Gasteiger partial charge is 0.396 e. The Bertz CT molecular complexity index is 604. The first-order chi connectivity index (χ1) is 10.1. The van der Waals surface area contributed by atoms with Gasteiger partial charge >= 0.3 is 0 Å². The summed E-state index contributed by atoms with van der Waals surface area (Å²) in [5.74, 6) is -1.33. The standard InChI is InChI=1S/C13H15F2N3O3/c1-19-4-5-20-3-2-12-17-13(21-18-12)8-6-11(16)10(15)7-9(8)14/h6-7H,2-5,16H2,1H3. The van der Waals surface area contributed by atoms with E-state index < -0.39 is 11.6 Å². The highest BCUT2D eigenvalue weighted by Crippen LogP contribution is 2.25. The molecular formula is C13H15F2N3O3. The zero-order valence-corrected chi connectivity index (χ0v) is 11.4. The Labute approximate surface area is 119 Å². The van der Waals surface area contributed by atoms with E-state index in [4.69, 9.17) is 19.7 Å². The maximum absolute atomic E-state index is 13.7. The monoisotopic (exact) mass is 299 g/mol. The molecule has 8 heteroatoms. The lowest BCUT2D eigenvalue weighted by atomic mass is 10.2. The van der Waals surface area contributed by atoms with Gasteiger partial charge in [-0.1, -0.05) is 5.16 Å². The van der Waals surface area contributed by atoms with Crippen LogP contribution in [0, 0.1) is 11.6 Å². The van der Waals surface area contributed by atoms with Gasteiger partial charge in [0.2, 0.25) is 0 Å². The van der Waals surface area contributed by atoms with Crippen molar-refractivity contribution in [1.29, 1.82) is 0 Å². The van der Waals surface area contributed by atoms with Crippen LogP contribution in [0.25, 0.3) is 11.5 Å². The molecule has 0 aliphatic carbocycles. The Kier molecular flexibility index (Phi) is 5.18. The Balaban J connectivity index is 2.01. The second-order valence-corrected chi connectivity index (χ2v) is 4.22. The summed E-state index contributed by atoms with van der Waals surface area (Å²) in [5, 5.41) is 3.70. The van der Waals surface area contributed by atoms with Crippen LogP contribution in [0.4, 0.5) is 14.5 Å². The van der Waals surface area contributed by atoms with E-state index in [-0.39, 0.29) is 17.1 Å². The van der Waals surface area contributed by atoms with Gasteiger partial charge in [-0.15, -0.1) is 0 Å². The number of hydrogen-bond acceptors (Lipinski definition) is 6. The van der Waals surface area contributed by atoms with Gasteiger partial charge in [-0.3, -0.25) is 0 Å². The number of hydrogen-bond donors (Lipinski definition) is 1. The minimum Gasteiger partial charge on any atom is -0.396 e. The number of benzene rings is 1. The van der Waals surface area contributed by atoms with Crippen molar-refractivity contribution >= 4 is 5.69 Å². The fraction of sp³-hybridized carbons (Fsp3) is 0.385. The summed E-state index contributed by atoms with van der Waals surface area (Å²) >= 11 is 0. The minimum absolute atomic E-state index is 0.0343. The number of nitrogens with zero attached hydrogens (tertiary/aromatic N) is 2. The number of methoxy groups -OCH3 is 1. The number of nitrogens with two attached hydrogens (primary N) is 1. The molecule has 0 bridgehead atoms. The van der Waals surface area contributed by atoms with E-state index in [1.165, 1.54) is 0 Å². The molecule has 2 aromatic rings. The lowest BCUT2D eigenvalue weighted by molar-refractivity contribution is 0.0714. The molecule has 21 heavy (non-hydrogen) atoms. The van der Waals surface area contributed by atoms with Crippen LogP contribution in [0.5, 0.6) is 0 Å². The van der Waals surface area contributed by atoms with Crippen molar-refractivity contribution in [2.45, 2.75) is 6.42 Å². The minimum atomic E-state index is -0.831. The van der Waals surface area contributed by atoms with E-state index >= 15 is 0 Å². The molecule has 114 valence electrons. The first kappa shape index (κ1) is 15.3. The smallest absolute Gasteiger partial charge is 0.260 e. The second kappa shape index (κ2) is 7.09. The van der Waals surface area contributed by atoms with Crippen molar-refractivity contribution < 1.29 is 22.8 Å². The Hall–Kier alpha value is -2.06. The zero-order chi connectivity index (χ0) is 15.2. The quantitative estimate of drug-likeness (QED) is 0.620. The highest BCUT2D eigenvalue weighted by atomic mass is 19.1. The molecule has 2 N–H and O–H groups in total. The molecule has 0 aliphatic rings. The molecule has 1 aromatic carbocycles. The van der Waals surface area contributed by atoms with Crippen molar-refractivity contribution in [2.24, 2.45) is 0 Å². The van der Waals surface area contributed by atoms with E-state index in [9.17, 15) is 8.78 Å². The summed E-state index contributed by atoms with van der Waals surface area (Å²) in [6, 6.07) is 1.81. The predicted molar refractivity (Wildman–Crippen MR) is 70.5 cm³/mol. The number of rotatable bonds is 7. The van der Waals surface area contributed by atoms with Crippen molar-refractivity contribution in [3.8, 4) is 11.5 Å². The van der Waals surface area contributed by atoms with Crippen LogP contribution in [-0.4, -0.2) is 37.1 Å². The molecule has 0 fully saturated rings. The Morgan fingerprint density at radius 1 is 1.19 bits per heavy atom. The summed E-state index contributed by atoms with van der Waals surface area (Å²) in [7, 11) is 1.58. The molecule has 0 radical (unpaired) electrons. The van der Waals surface area contributed by atoms with Crippen molar-refractivity contribution in [1.82, 2.24) is 10.1 Å². The molecule has 0 saturated heterocycles. The topological polar surface area (TPSA) is 83.4 Å². The van der Waals surface area contributed by atoms with Gasteiger partial charge in [-0.05, 0) is 6.07 Å². The average molecular weight is 299 g/mol.